The molecule has 1 saturated heterocycles. The minimum Gasteiger partial charge on any atom is -0.306 e. The van der Waals surface area contributed by atoms with Crippen LogP contribution < -0.4 is 0 Å². The number of benzene rings is 1. The lowest BCUT2D eigenvalue weighted by atomic mass is 9.96. The van der Waals surface area contributed by atoms with E-state index in [4.69, 9.17) is 23.2 Å². The molecule has 0 aromatic heterocycles. The summed E-state index contributed by atoms with van der Waals surface area (Å²) in [5.41, 5.74) is 1.16. The first kappa shape index (κ1) is 12.2. The molecule has 1 aromatic rings. The van der Waals surface area contributed by atoms with Crippen LogP contribution in [-0.4, -0.2) is 25.0 Å². The summed E-state index contributed by atoms with van der Waals surface area (Å²) >= 11 is 12.1. The normalized spacial score (nSPS) is 21.7. The van der Waals surface area contributed by atoms with Crippen LogP contribution in [-0.2, 0) is 0 Å². The van der Waals surface area contributed by atoms with Crippen LogP contribution in [0.15, 0.2) is 6.07 Å². The van der Waals surface area contributed by atoms with Gasteiger partial charge in [0.25, 0.3) is 0 Å². The predicted molar refractivity (Wildman–Crippen MR) is 66.0 cm³/mol. The summed E-state index contributed by atoms with van der Waals surface area (Å²) < 4.78 is 14.1. The van der Waals surface area contributed by atoms with E-state index in [-0.39, 0.29) is 11.7 Å². The van der Waals surface area contributed by atoms with Gasteiger partial charge in [0.2, 0.25) is 0 Å². The fraction of sp³-hybridized carbons (Fsp3) is 0.500. The molecule has 4 heteroatoms. The van der Waals surface area contributed by atoms with Gasteiger partial charge in [-0.05, 0) is 38.6 Å². The zero-order chi connectivity index (χ0) is 11.9. The van der Waals surface area contributed by atoms with Crippen LogP contribution in [0.4, 0.5) is 4.39 Å². The summed E-state index contributed by atoms with van der Waals surface area (Å²) in [5, 5.41) is 0.829. The number of nitrogens with zero attached hydrogens (tertiary/aromatic N) is 1. The maximum Gasteiger partial charge on any atom is 0.131 e. The van der Waals surface area contributed by atoms with Crippen molar-refractivity contribution in [3.8, 4) is 0 Å². The lowest BCUT2D eigenvalue weighted by Gasteiger charge is -2.16. The van der Waals surface area contributed by atoms with E-state index in [0.717, 1.165) is 19.5 Å². The Morgan fingerprint density at radius 3 is 2.69 bits per heavy atom. The Hall–Kier alpha value is -0.310. The zero-order valence-corrected chi connectivity index (χ0v) is 10.9. The minimum atomic E-state index is -0.199. The SMILES string of the molecule is Cc1cc(Cl)c(Cl)c(C2CCN(C)C2)c1F. The van der Waals surface area contributed by atoms with Crippen molar-refractivity contribution < 1.29 is 4.39 Å². The Balaban J connectivity index is 2.47. The molecule has 1 nitrogen and oxygen atoms in total. The van der Waals surface area contributed by atoms with Gasteiger partial charge in [0.1, 0.15) is 5.82 Å². The number of hydrogen-bond acceptors (Lipinski definition) is 1. The molecule has 0 bridgehead atoms. The molecule has 1 aromatic carbocycles. The first-order chi connectivity index (χ1) is 7.50. The second-order valence-electron chi connectivity index (χ2n) is 4.46. The van der Waals surface area contributed by atoms with E-state index in [1.54, 1.807) is 13.0 Å². The van der Waals surface area contributed by atoms with E-state index >= 15 is 0 Å². The third kappa shape index (κ3) is 2.06. The summed E-state index contributed by atoms with van der Waals surface area (Å²) in [6, 6.07) is 1.58. The lowest BCUT2D eigenvalue weighted by Crippen LogP contribution is -2.14. The summed E-state index contributed by atoms with van der Waals surface area (Å²) in [5.74, 6) is -0.0374. The summed E-state index contributed by atoms with van der Waals surface area (Å²) in [4.78, 5) is 2.18. The molecule has 1 heterocycles. The molecule has 16 heavy (non-hydrogen) atoms. The Labute approximate surface area is 105 Å². The molecule has 0 spiro atoms. The molecule has 88 valence electrons. The molecule has 0 amide bonds. The van der Waals surface area contributed by atoms with Crippen LogP contribution in [0.5, 0.6) is 0 Å². The third-order valence-corrected chi connectivity index (χ3v) is 3.97. The highest BCUT2D eigenvalue weighted by molar-refractivity contribution is 6.42. The fourth-order valence-electron chi connectivity index (χ4n) is 2.28. The standard InChI is InChI=1S/C12H14Cl2FN/c1-7-5-9(13)11(14)10(12(7)15)8-3-4-16(2)6-8/h5,8H,3-4,6H2,1-2H3. The Kier molecular flexibility index (Phi) is 3.43. The number of likely N-dealkylation sites (tertiary alicyclic amines) is 1. The van der Waals surface area contributed by atoms with Crippen molar-refractivity contribution in [2.75, 3.05) is 20.1 Å². The van der Waals surface area contributed by atoms with Gasteiger partial charge in [-0.2, -0.15) is 0 Å². The van der Waals surface area contributed by atoms with Gasteiger partial charge < -0.3 is 4.90 Å². The first-order valence-corrected chi connectivity index (χ1v) is 6.09. The monoisotopic (exact) mass is 261 g/mol. The first-order valence-electron chi connectivity index (χ1n) is 5.33. The molecule has 1 atom stereocenters. The Bertz CT molecular complexity index is 394. The number of halogens is 3. The van der Waals surface area contributed by atoms with Crippen LogP contribution in [0.3, 0.4) is 0 Å². The minimum absolute atomic E-state index is 0.162. The maximum absolute atomic E-state index is 14.1. The fourth-order valence-corrected chi connectivity index (χ4v) is 2.84. The number of rotatable bonds is 1. The van der Waals surface area contributed by atoms with Gasteiger partial charge in [0.15, 0.2) is 0 Å². The quantitative estimate of drug-likeness (QED) is 0.694. The number of hydrogen-bond donors (Lipinski definition) is 0. The Morgan fingerprint density at radius 1 is 1.44 bits per heavy atom. The van der Waals surface area contributed by atoms with Gasteiger partial charge in [-0.25, -0.2) is 4.39 Å². The van der Waals surface area contributed by atoms with Crippen molar-refractivity contribution in [1.29, 1.82) is 0 Å². The molecule has 1 unspecified atom stereocenters. The van der Waals surface area contributed by atoms with E-state index in [0.29, 0.717) is 21.2 Å². The average Bonchev–Trinajstić information content (AvgIpc) is 2.62. The number of likely N-dealkylation sites (N-methyl/N-ethyl adjacent to an activating group) is 1. The number of aryl methyl sites for hydroxylation is 1. The second kappa shape index (κ2) is 4.52. The van der Waals surface area contributed by atoms with Gasteiger partial charge in [-0.3, -0.25) is 0 Å². The van der Waals surface area contributed by atoms with Crippen LogP contribution in [0.2, 0.25) is 10.0 Å². The molecule has 0 aliphatic carbocycles. The zero-order valence-electron chi connectivity index (χ0n) is 9.36. The van der Waals surface area contributed by atoms with E-state index in [2.05, 4.69) is 4.90 Å². The second-order valence-corrected chi connectivity index (χ2v) is 5.25. The molecule has 2 rings (SSSR count). The van der Waals surface area contributed by atoms with Crippen molar-refractivity contribution in [2.24, 2.45) is 0 Å². The topological polar surface area (TPSA) is 3.24 Å². The molecular formula is C12H14Cl2FN. The largest absolute Gasteiger partial charge is 0.306 e. The summed E-state index contributed by atoms with van der Waals surface area (Å²) in [6.45, 7) is 3.54. The highest BCUT2D eigenvalue weighted by Crippen LogP contribution is 2.38. The van der Waals surface area contributed by atoms with Crippen molar-refractivity contribution in [3.05, 3.63) is 33.1 Å². The molecule has 0 N–H and O–H groups in total. The van der Waals surface area contributed by atoms with Crippen molar-refractivity contribution >= 4 is 23.2 Å². The summed E-state index contributed by atoms with van der Waals surface area (Å²) in [6.07, 6.45) is 0.937. The molecule has 1 fully saturated rings. The van der Waals surface area contributed by atoms with E-state index in [9.17, 15) is 4.39 Å². The molecule has 1 aliphatic heterocycles. The van der Waals surface area contributed by atoms with Gasteiger partial charge in [0.05, 0.1) is 10.0 Å². The van der Waals surface area contributed by atoms with Crippen LogP contribution >= 0.6 is 23.2 Å². The predicted octanol–water partition coefficient (Wildman–Crippen LogP) is 3.86. The average molecular weight is 262 g/mol. The van der Waals surface area contributed by atoms with Gasteiger partial charge in [-0.1, -0.05) is 23.2 Å². The lowest BCUT2D eigenvalue weighted by molar-refractivity contribution is 0.410. The van der Waals surface area contributed by atoms with Crippen molar-refractivity contribution in [3.63, 3.8) is 0 Å². The van der Waals surface area contributed by atoms with E-state index in [1.165, 1.54) is 0 Å². The van der Waals surface area contributed by atoms with E-state index < -0.39 is 0 Å². The molecule has 0 radical (unpaired) electrons. The van der Waals surface area contributed by atoms with Crippen molar-refractivity contribution in [2.45, 2.75) is 19.3 Å². The Morgan fingerprint density at radius 2 is 2.12 bits per heavy atom. The van der Waals surface area contributed by atoms with Crippen molar-refractivity contribution in [1.82, 2.24) is 4.90 Å². The van der Waals surface area contributed by atoms with Crippen LogP contribution in [0.25, 0.3) is 0 Å². The van der Waals surface area contributed by atoms with Crippen LogP contribution in [0, 0.1) is 12.7 Å². The highest BCUT2D eigenvalue weighted by atomic mass is 35.5. The van der Waals surface area contributed by atoms with Gasteiger partial charge >= 0.3 is 0 Å². The third-order valence-electron chi connectivity index (χ3n) is 3.17. The molecule has 1 aliphatic rings. The van der Waals surface area contributed by atoms with Gasteiger partial charge in [-0.15, -0.1) is 0 Å². The molecular weight excluding hydrogens is 248 g/mol. The molecule has 0 saturated carbocycles. The smallest absolute Gasteiger partial charge is 0.131 e. The van der Waals surface area contributed by atoms with E-state index in [1.807, 2.05) is 7.05 Å². The maximum atomic E-state index is 14.1. The summed E-state index contributed by atoms with van der Waals surface area (Å²) in [7, 11) is 2.03. The van der Waals surface area contributed by atoms with Crippen LogP contribution in [0.1, 0.15) is 23.5 Å². The highest BCUT2D eigenvalue weighted by Gasteiger charge is 2.27. The van der Waals surface area contributed by atoms with Gasteiger partial charge in [0, 0.05) is 18.0 Å².